The largest absolute Gasteiger partial charge is 0.300 e. The van der Waals surface area contributed by atoms with E-state index in [0.717, 1.165) is 24.4 Å². The molecular formula is C10H14N4OS. The monoisotopic (exact) mass is 238 g/mol. The van der Waals surface area contributed by atoms with Crippen LogP contribution in [0.4, 0.5) is 0 Å². The van der Waals surface area contributed by atoms with Gasteiger partial charge in [-0.05, 0) is 36.1 Å². The molecule has 16 heavy (non-hydrogen) atoms. The van der Waals surface area contributed by atoms with Crippen LogP contribution in [0.5, 0.6) is 0 Å². The third-order valence-corrected chi connectivity index (χ3v) is 4.28. The number of rotatable bonds is 3. The van der Waals surface area contributed by atoms with Crippen molar-refractivity contribution in [1.82, 2.24) is 20.2 Å². The topological polar surface area (TPSA) is 60.7 Å². The number of hydrogen-bond acceptors (Lipinski definition) is 5. The van der Waals surface area contributed by atoms with Gasteiger partial charge >= 0.3 is 0 Å². The molecule has 6 heteroatoms. The maximum absolute atomic E-state index is 11.4. The lowest BCUT2D eigenvalue weighted by Crippen LogP contribution is -2.17. The minimum Gasteiger partial charge on any atom is -0.300 e. The molecule has 2 fully saturated rings. The Bertz CT molecular complexity index is 401. The summed E-state index contributed by atoms with van der Waals surface area (Å²) >= 11 is 1.68. The highest BCUT2D eigenvalue weighted by Gasteiger charge is 2.30. The van der Waals surface area contributed by atoms with Crippen LogP contribution in [0, 0.1) is 0 Å². The molecule has 0 aromatic carbocycles. The molecular weight excluding hydrogens is 224 g/mol. The van der Waals surface area contributed by atoms with Gasteiger partial charge in [-0.1, -0.05) is 11.8 Å². The SMILES string of the molecule is O=C1CCCC(Sc2nnnn2C2CC2)C1. The van der Waals surface area contributed by atoms with Crippen LogP contribution in [0.25, 0.3) is 0 Å². The first-order valence-electron chi connectivity index (χ1n) is 5.79. The van der Waals surface area contributed by atoms with E-state index in [2.05, 4.69) is 15.5 Å². The second-order valence-corrected chi connectivity index (χ2v) is 5.78. The first kappa shape index (κ1) is 10.3. The van der Waals surface area contributed by atoms with Crippen molar-refractivity contribution in [3.8, 4) is 0 Å². The summed E-state index contributed by atoms with van der Waals surface area (Å²) in [5, 5.41) is 13.1. The van der Waals surface area contributed by atoms with Gasteiger partial charge in [-0.25, -0.2) is 4.68 Å². The van der Waals surface area contributed by atoms with Gasteiger partial charge in [0.2, 0.25) is 5.16 Å². The van der Waals surface area contributed by atoms with Crippen molar-refractivity contribution in [3.63, 3.8) is 0 Å². The molecule has 0 saturated heterocycles. The first-order valence-corrected chi connectivity index (χ1v) is 6.67. The summed E-state index contributed by atoms with van der Waals surface area (Å²) in [7, 11) is 0. The maximum atomic E-state index is 11.4. The standard InChI is InChI=1S/C10H14N4OS/c15-8-2-1-3-9(6-8)16-10-11-12-13-14(10)7-4-5-7/h7,9H,1-6H2. The van der Waals surface area contributed by atoms with Gasteiger partial charge in [0.1, 0.15) is 5.78 Å². The van der Waals surface area contributed by atoms with E-state index in [1.807, 2.05) is 4.68 Å². The predicted molar refractivity (Wildman–Crippen MR) is 59.2 cm³/mol. The summed E-state index contributed by atoms with van der Waals surface area (Å²) in [6.07, 6.45) is 5.92. The second-order valence-electron chi connectivity index (χ2n) is 4.51. The molecule has 0 spiro atoms. The third kappa shape index (κ3) is 2.11. The van der Waals surface area contributed by atoms with Crippen molar-refractivity contribution in [2.45, 2.75) is 55.0 Å². The van der Waals surface area contributed by atoms with Gasteiger partial charge in [-0.15, -0.1) is 5.10 Å². The van der Waals surface area contributed by atoms with Crippen LogP contribution in [-0.2, 0) is 4.79 Å². The lowest BCUT2D eigenvalue weighted by molar-refractivity contribution is -0.120. The fraction of sp³-hybridized carbons (Fsp3) is 0.800. The summed E-state index contributed by atoms with van der Waals surface area (Å²) < 4.78 is 1.92. The molecule has 0 bridgehead atoms. The van der Waals surface area contributed by atoms with Gasteiger partial charge in [0.15, 0.2) is 0 Å². The van der Waals surface area contributed by atoms with E-state index >= 15 is 0 Å². The highest BCUT2D eigenvalue weighted by Crippen LogP contribution is 2.38. The van der Waals surface area contributed by atoms with E-state index < -0.39 is 0 Å². The van der Waals surface area contributed by atoms with Gasteiger partial charge in [-0.3, -0.25) is 4.79 Å². The zero-order chi connectivity index (χ0) is 11.0. The zero-order valence-electron chi connectivity index (χ0n) is 9.00. The number of aromatic nitrogens is 4. The Morgan fingerprint density at radius 1 is 1.31 bits per heavy atom. The summed E-state index contributed by atoms with van der Waals surface area (Å²) in [6.45, 7) is 0. The van der Waals surface area contributed by atoms with Crippen LogP contribution in [0.15, 0.2) is 5.16 Å². The van der Waals surface area contributed by atoms with E-state index in [9.17, 15) is 4.79 Å². The van der Waals surface area contributed by atoms with E-state index in [-0.39, 0.29) is 0 Å². The molecule has 1 atom stereocenters. The smallest absolute Gasteiger partial charge is 0.209 e. The van der Waals surface area contributed by atoms with Crippen LogP contribution < -0.4 is 0 Å². The Morgan fingerprint density at radius 3 is 2.94 bits per heavy atom. The number of hydrogen-bond donors (Lipinski definition) is 0. The number of nitrogens with zero attached hydrogens (tertiary/aromatic N) is 4. The van der Waals surface area contributed by atoms with Crippen LogP contribution >= 0.6 is 11.8 Å². The molecule has 0 N–H and O–H groups in total. The van der Waals surface area contributed by atoms with E-state index in [1.165, 1.54) is 12.8 Å². The van der Waals surface area contributed by atoms with E-state index in [0.29, 0.717) is 23.5 Å². The number of Topliss-reactive ketones (excluding diaryl/α,β-unsaturated/α-hetero) is 1. The second kappa shape index (κ2) is 4.16. The van der Waals surface area contributed by atoms with Crippen LogP contribution in [-0.4, -0.2) is 31.2 Å². The highest BCUT2D eigenvalue weighted by molar-refractivity contribution is 7.99. The molecule has 1 aromatic heterocycles. The molecule has 2 aliphatic rings. The van der Waals surface area contributed by atoms with Crippen molar-refractivity contribution in [2.75, 3.05) is 0 Å². The predicted octanol–water partition coefficient (Wildman–Crippen LogP) is 1.61. The summed E-state index contributed by atoms with van der Waals surface area (Å²) in [4.78, 5) is 11.4. The summed E-state index contributed by atoms with van der Waals surface area (Å²) in [5.41, 5.74) is 0. The lowest BCUT2D eigenvalue weighted by Gasteiger charge is -2.19. The summed E-state index contributed by atoms with van der Waals surface area (Å²) in [6, 6.07) is 0.511. The van der Waals surface area contributed by atoms with E-state index in [1.54, 1.807) is 11.8 Å². The highest BCUT2D eigenvalue weighted by atomic mass is 32.2. The van der Waals surface area contributed by atoms with Crippen molar-refractivity contribution >= 4 is 17.5 Å². The average Bonchev–Trinajstić information content (AvgIpc) is 3.00. The van der Waals surface area contributed by atoms with Gasteiger partial charge < -0.3 is 0 Å². The van der Waals surface area contributed by atoms with Crippen molar-refractivity contribution < 1.29 is 4.79 Å². The Morgan fingerprint density at radius 2 is 2.19 bits per heavy atom. The van der Waals surface area contributed by atoms with Crippen LogP contribution in [0.3, 0.4) is 0 Å². The van der Waals surface area contributed by atoms with Gasteiger partial charge in [0.05, 0.1) is 6.04 Å². The Labute approximate surface area is 98.0 Å². The van der Waals surface area contributed by atoms with Crippen molar-refractivity contribution in [1.29, 1.82) is 0 Å². The minimum atomic E-state index is 0.379. The normalized spacial score (nSPS) is 26.0. The number of tetrazole rings is 1. The lowest BCUT2D eigenvalue weighted by atomic mass is 9.99. The molecule has 1 unspecified atom stereocenters. The molecule has 5 nitrogen and oxygen atoms in total. The molecule has 2 saturated carbocycles. The van der Waals surface area contributed by atoms with E-state index in [4.69, 9.17) is 0 Å². The Kier molecular flexibility index (Phi) is 2.67. The van der Waals surface area contributed by atoms with Crippen LogP contribution in [0.1, 0.15) is 44.6 Å². The number of thioether (sulfide) groups is 1. The fourth-order valence-corrected chi connectivity index (χ4v) is 3.28. The Hall–Kier alpha value is -0.910. The number of carbonyl (C=O) groups is 1. The van der Waals surface area contributed by atoms with Crippen molar-refractivity contribution in [2.24, 2.45) is 0 Å². The quantitative estimate of drug-likeness (QED) is 0.800. The molecule has 0 amide bonds. The molecule has 86 valence electrons. The molecule has 2 aliphatic carbocycles. The third-order valence-electron chi connectivity index (χ3n) is 3.06. The molecule has 0 aliphatic heterocycles. The minimum absolute atomic E-state index is 0.379. The number of carbonyl (C=O) groups excluding carboxylic acids is 1. The molecule has 1 aromatic rings. The fourth-order valence-electron chi connectivity index (χ4n) is 2.05. The van der Waals surface area contributed by atoms with Gasteiger partial charge in [0.25, 0.3) is 0 Å². The Balaban J connectivity index is 1.68. The maximum Gasteiger partial charge on any atom is 0.209 e. The number of ketones is 1. The molecule has 1 heterocycles. The van der Waals surface area contributed by atoms with Gasteiger partial charge in [-0.2, -0.15) is 0 Å². The van der Waals surface area contributed by atoms with Gasteiger partial charge in [0, 0.05) is 18.1 Å². The van der Waals surface area contributed by atoms with Crippen LogP contribution in [0.2, 0.25) is 0 Å². The average molecular weight is 238 g/mol. The summed E-state index contributed by atoms with van der Waals surface area (Å²) in [5.74, 6) is 0.384. The van der Waals surface area contributed by atoms with Crippen molar-refractivity contribution in [3.05, 3.63) is 0 Å². The first-order chi connectivity index (χ1) is 7.83. The molecule has 0 radical (unpaired) electrons. The molecule has 3 rings (SSSR count). The zero-order valence-corrected chi connectivity index (χ0v) is 9.82.